The Balaban J connectivity index is 1.84. The zero-order valence-corrected chi connectivity index (χ0v) is 11.9. The van der Waals surface area contributed by atoms with E-state index in [9.17, 15) is 0 Å². The third-order valence-corrected chi connectivity index (χ3v) is 3.48. The molecule has 3 nitrogen and oxygen atoms in total. The molecule has 0 aromatic heterocycles. The van der Waals surface area contributed by atoms with Crippen LogP contribution < -0.4 is 15.2 Å². The third kappa shape index (κ3) is 2.77. The van der Waals surface area contributed by atoms with Crippen molar-refractivity contribution in [2.24, 2.45) is 0 Å². The molecule has 0 saturated carbocycles. The summed E-state index contributed by atoms with van der Waals surface area (Å²) in [5.41, 5.74) is 7.69. The lowest BCUT2D eigenvalue weighted by Crippen LogP contribution is -1.99. The van der Waals surface area contributed by atoms with Crippen LogP contribution in [0.5, 0.6) is 11.5 Å². The maximum absolute atomic E-state index is 5.97. The highest BCUT2D eigenvalue weighted by Gasteiger charge is 2.05. The first-order chi connectivity index (χ1) is 10.3. The number of nitrogen functional groups attached to an aromatic ring is 1. The van der Waals surface area contributed by atoms with Crippen LogP contribution >= 0.6 is 0 Å². The van der Waals surface area contributed by atoms with Gasteiger partial charge in [0.1, 0.15) is 18.1 Å². The monoisotopic (exact) mass is 279 g/mol. The maximum atomic E-state index is 5.97. The summed E-state index contributed by atoms with van der Waals surface area (Å²) in [6.07, 6.45) is 0. The van der Waals surface area contributed by atoms with Crippen molar-refractivity contribution in [3.8, 4) is 11.5 Å². The van der Waals surface area contributed by atoms with Crippen molar-refractivity contribution in [1.82, 2.24) is 0 Å². The number of fused-ring (bicyclic) bond motifs is 1. The first-order valence-corrected chi connectivity index (χ1v) is 6.81. The largest absolute Gasteiger partial charge is 0.497 e. The fourth-order valence-electron chi connectivity index (χ4n) is 2.36. The molecule has 0 amide bonds. The van der Waals surface area contributed by atoms with Crippen LogP contribution in [0.1, 0.15) is 5.56 Å². The number of methoxy groups -OCH3 is 1. The van der Waals surface area contributed by atoms with Crippen molar-refractivity contribution in [2.45, 2.75) is 6.61 Å². The highest BCUT2D eigenvalue weighted by molar-refractivity contribution is 5.85. The number of benzene rings is 3. The van der Waals surface area contributed by atoms with E-state index in [4.69, 9.17) is 15.2 Å². The first kappa shape index (κ1) is 13.3. The van der Waals surface area contributed by atoms with Gasteiger partial charge in [-0.1, -0.05) is 42.5 Å². The van der Waals surface area contributed by atoms with E-state index in [1.54, 1.807) is 13.2 Å². The zero-order valence-electron chi connectivity index (χ0n) is 11.9. The number of hydrogen-bond acceptors (Lipinski definition) is 3. The second kappa shape index (κ2) is 5.75. The fraction of sp³-hybridized carbons (Fsp3) is 0.111. The van der Waals surface area contributed by atoms with Gasteiger partial charge in [0.15, 0.2) is 0 Å². The third-order valence-electron chi connectivity index (χ3n) is 3.48. The maximum Gasteiger partial charge on any atom is 0.142 e. The number of rotatable bonds is 4. The summed E-state index contributed by atoms with van der Waals surface area (Å²) >= 11 is 0. The smallest absolute Gasteiger partial charge is 0.142 e. The lowest BCUT2D eigenvalue weighted by molar-refractivity contribution is 0.308. The highest BCUT2D eigenvalue weighted by Crippen LogP contribution is 2.28. The molecular formula is C18H17NO2. The standard InChI is InChI=1S/C18H17NO2/c1-20-15-9-10-18(17(19)11-15)21-12-14-7-4-6-13-5-2-3-8-16(13)14/h2-11H,12,19H2,1H3. The van der Waals surface area contributed by atoms with Gasteiger partial charge in [-0.05, 0) is 28.5 Å². The summed E-state index contributed by atoms with van der Waals surface area (Å²) in [6, 6.07) is 19.9. The summed E-state index contributed by atoms with van der Waals surface area (Å²) in [5, 5.41) is 2.41. The Kier molecular flexibility index (Phi) is 3.65. The van der Waals surface area contributed by atoms with E-state index < -0.39 is 0 Å². The van der Waals surface area contributed by atoms with E-state index in [1.807, 2.05) is 30.3 Å². The topological polar surface area (TPSA) is 44.5 Å². The normalized spacial score (nSPS) is 10.5. The highest BCUT2D eigenvalue weighted by atomic mass is 16.5. The van der Waals surface area contributed by atoms with Gasteiger partial charge in [-0.2, -0.15) is 0 Å². The lowest BCUT2D eigenvalue weighted by Gasteiger charge is -2.11. The number of ether oxygens (including phenoxy) is 2. The molecule has 0 heterocycles. The minimum absolute atomic E-state index is 0.484. The van der Waals surface area contributed by atoms with Gasteiger partial charge >= 0.3 is 0 Å². The average molecular weight is 279 g/mol. The van der Waals surface area contributed by atoms with Crippen LogP contribution in [0, 0.1) is 0 Å². The van der Waals surface area contributed by atoms with Crippen LogP contribution in [0.25, 0.3) is 10.8 Å². The van der Waals surface area contributed by atoms with Gasteiger partial charge in [-0.3, -0.25) is 0 Å². The Bertz CT molecular complexity index is 763. The van der Waals surface area contributed by atoms with Gasteiger partial charge in [0, 0.05) is 6.07 Å². The molecule has 2 N–H and O–H groups in total. The Hall–Kier alpha value is -2.68. The van der Waals surface area contributed by atoms with Crippen LogP contribution in [-0.2, 0) is 6.61 Å². The Morgan fingerprint density at radius 3 is 2.57 bits per heavy atom. The average Bonchev–Trinajstić information content (AvgIpc) is 2.53. The van der Waals surface area contributed by atoms with Gasteiger partial charge in [0.25, 0.3) is 0 Å². The number of anilines is 1. The Labute approximate surface area is 123 Å². The van der Waals surface area contributed by atoms with Crippen LogP contribution in [0.15, 0.2) is 60.7 Å². The van der Waals surface area contributed by atoms with Gasteiger partial charge in [-0.15, -0.1) is 0 Å². The van der Waals surface area contributed by atoms with E-state index in [1.165, 1.54) is 10.8 Å². The van der Waals surface area contributed by atoms with Crippen molar-refractivity contribution >= 4 is 16.5 Å². The molecule has 3 aromatic rings. The Morgan fingerprint density at radius 1 is 0.952 bits per heavy atom. The second-order valence-electron chi connectivity index (χ2n) is 4.83. The molecule has 0 aliphatic heterocycles. The van der Waals surface area contributed by atoms with E-state index in [-0.39, 0.29) is 0 Å². The molecule has 3 rings (SSSR count). The van der Waals surface area contributed by atoms with Crippen molar-refractivity contribution < 1.29 is 9.47 Å². The number of hydrogen-bond donors (Lipinski definition) is 1. The summed E-state index contributed by atoms with van der Waals surface area (Å²) < 4.78 is 11.0. The van der Waals surface area contributed by atoms with Crippen LogP contribution in [-0.4, -0.2) is 7.11 Å². The number of nitrogens with two attached hydrogens (primary N) is 1. The van der Waals surface area contributed by atoms with Crippen molar-refractivity contribution in [2.75, 3.05) is 12.8 Å². The molecular weight excluding hydrogens is 262 g/mol. The molecule has 3 aromatic carbocycles. The molecule has 0 saturated heterocycles. The SMILES string of the molecule is COc1ccc(OCc2cccc3ccccc23)c(N)c1. The molecule has 0 atom stereocenters. The molecule has 3 heteroatoms. The van der Waals surface area contributed by atoms with Crippen molar-refractivity contribution in [3.05, 3.63) is 66.2 Å². The van der Waals surface area contributed by atoms with Crippen LogP contribution in [0.2, 0.25) is 0 Å². The van der Waals surface area contributed by atoms with Crippen molar-refractivity contribution in [1.29, 1.82) is 0 Å². The first-order valence-electron chi connectivity index (χ1n) is 6.81. The van der Waals surface area contributed by atoms with Gasteiger partial charge in [-0.25, -0.2) is 0 Å². The predicted molar refractivity (Wildman–Crippen MR) is 85.7 cm³/mol. The van der Waals surface area contributed by atoms with E-state index in [2.05, 4.69) is 24.3 Å². The van der Waals surface area contributed by atoms with Gasteiger partial charge in [0.05, 0.1) is 12.8 Å². The van der Waals surface area contributed by atoms with Crippen LogP contribution in [0.4, 0.5) is 5.69 Å². The van der Waals surface area contributed by atoms with E-state index >= 15 is 0 Å². The molecule has 0 aliphatic rings. The van der Waals surface area contributed by atoms with E-state index in [0.29, 0.717) is 18.0 Å². The molecule has 21 heavy (non-hydrogen) atoms. The van der Waals surface area contributed by atoms with Gasteiger partial charge in [0.2, 0.25) is 0 Å². The quantitative estimate of drug-likeness (QED) is 0.734. The summed E-state index contributed by atoms with van der Waals surface area (Å²) in [5.74, 6) is 1.40. The van der Waals surface area contributed by atoms with Gasteiger partial charge < -0.3 is 15.2 Å². The zero-order chi connectivity index (χ0) is 14.7. The summed E-state index contributed by atoms with van der Waals surface area (Å²) in [7, 11) is 1.62. The second-order valence-corrected chi connectivity index (χ2v) is 4.83. The Morgan fingerprint density at radius 2 is 1.76 bits per heavy atom. The molecule has 0 bridgehead atoms. The van der Waals surface area contributed by atoms with E-state index in [0.717, 1.165) is 11.3 Å². The molecule has 0 spiro atoms. The molecule has 0 fully saturated rings. The van der Waals surface area contributed by atoms with Crippen LogP contribution in [0.3, 0.4) is 0 Å². The summed E-state index contributed by atoms with van der Waals surface area (Å²) in [4.78, 5) is 0. The lowest BCUT2D eigenvalue weighted by atomic mass is 10.1. The van der Waals surface area contributed by atoms with Crippen molar-refractivity contribution in [3.63, 3.8) is 0 Å². The minimum atomic E-state index is 0.484. The molecule has 0 radical (unpaired) electrons. The predicted octanol–water partition coefficient (Wildman–Crippen LogP) is 4.01. The minimum Gasteiger partial charge on any atom is -0.497 e. The molecule has 0 aliphatic carbocycles. The fourth-order valence-corrected chi connectivity index (χ4v) is 2.36. The summed E-state index contributed by atoms with van der Waals surface area (Å²) in [6.45, 7) is 0.484. The molecule has 106 valence electrons. The molecule has 0 unspecified atom stereocenters.